The van der Waals surface area contributed by atoms with E-state index in [1.54, 1.807) is 42.6 Å². The third-order valence-corrected chi connectivity index (χ3v) is 9.27. The first-order valence-electron chi connectivity index (χ1n) is 9.00. The van der Waals surface area contributed by atoms with Crippen molar-refractivity contribution in [3.63, 3.8) is 0 Å². The molecule has 1 amide bonds. The molecule has 6 nitrogen and oxygen atoms in total. The summed E-state index contributed by atoms with van der Waals surface area (Å²) in [5.41, 5.74) is 6.63. The third kappa shape index (κ3) is 6.08. The average Bonchev–Trinajstić information content (AvgIpc) is 2.60. The highest BCUT2D eigenvalue weighted by molar-refractivity contribution is 6.74. The van der Waals surface area contributed by atoms with Crippen LogP contribution in [0.1, 0.15) is 31.3 Å². The predicted octanol–water partition coefficient (Wildman–Crippen LogP) is 4.21. The molecule has 0 saturated heterocycles. The van der Waals surface area contributed by atoms with Crippen molar-refractivity contribution in [1.29, 1.82) is 0 Å². The van der Waals surface area contributed by atoms with Gasteiger partial charge in [0, 0.05) is 24.5 Å². The Balaban J connectivity index is 1.89. The number of hydrogen-bond donors (Lipinski definition) is 2. The normalized spacial score (nSPS) is 11.9. The molecule has 0 aliphatic rings. The summed E-state index contributed by atoms with van der Waals surface area (Å²) in [6.07, 6.45) is 1.55. The molecule has 27 heavy (non-hydrogen) atoms. The van der Waals surface area contributed by atoms with Crippen molar-refractivity contribution in [1.82, 2.24) is 10.3 Å². The lowest BCUT2D eigenvalue weighted by Crippen LogP contribution is -2.42. The molecule has 1 aromatic carbocycles. The van der Waals surface area contributed by atoms with E-state index in [2.05, 4.69) is 44.2 Å². The second-order valence-corrected chi connectivity index (χ2v) is 12.7. The number of hydrogen-bond acceptors (Lipinski definition) is 5. The quantitative estimate of drug-likeness (QED) is 0.422. The molecule has 0 aliphatic carbocycles. The molecule has 1 aromatic heterocycles. The van der Waals surface area contributed by atoms with Crippen molar-refractivity contribution in [2.45, 2.75) is 38.9 Å². The van der Waals surface area contributed by atoms with E-state index >= 15 is 0 Å². The van der Waals surface area contributed by atoms with Crippen LogP contribution in [-0.4, -0.2) is 32.4 Å². The van der Waals surface area contributed by atoms with Crippen molar-refractivity contribution in [3.8, 4) is 11.5 Å². The van der Waals surface area contributed by atoms with Gasteiger partial charge < -0.3 is 20.2 Å². The zero-order chi connectivity index (χ0) is 20.1. The Morgan fingerprint density at radius 2 is 1.81 bits per heavy atom. The number of nitrogens with zero attached hydrogens (tertiary/aromatic N) is 1. The Hall–Kier alpha value is -2.38. The maximum absolute atomic E-state index is 12.3. The lowest BCUT2D eigenvalue weighted by atomic mass is 10.2. The van der Waals surface area contributed by atoms with Crippen LogP contribution >= 0.6 is 0 Å². The summed E-state index contributed by atoms with van der Waals surface area (Å²) in [6.45, 7) is 11.9. The van der Waals surface area contributed by atoms with Crippen molar-refractivity contribution in [2.24, 2.45) is 0 Å². The number of pyridine rings is 1. The zero-order valence-corrected chi connectivity index (χ0v) is 17.7. The Morgan fingerprint density at radius 1 is 1.15 bits per heavy atom. The van der Waals surface area contributed by atoms with Gasteiger partial charge in [0.05, 0.1) is 6.61 Å². The summed E-state index contributed by atoms with van der Waals surface area (Å²) in [6, 6.07) is 10.4. The van der Waals surface area contributed by atoms with E-state index in [-0.39, 0.29) is 10.9 Å². The fraction of sp³-hybridized carbons (Fsp3) is 0.400. The highest BCUT2D eigenvalue weighted by atomic mass is 28.4. The molecule has 146 valence electrons. The fourth-order valence-corrected chi connectivity index (χ4v) is 3.09. The van der Waals surface area contributed by atoms with Gasteiger partial charge in [0.25, 0.3) is 5.91 Å². The first-order chi connectivity index (χ1) is 12.6. The lowest BCUT2D eigenvalue weighted by molar-refractivity contribution is 0.0940. The molecule has 0 aliphatic heterocycles. The molecule has 2 rings (SSSR count). The van der Waals surface area contributed by atoms with Crippen molar-refractivity contribution in [3.05, 3.63) is 48.3 Å². The van der Waals surface area contributed by atoms with Crippen LogP contribution in [-0.2, 0) is 4.43 Å². The highest BCUT2D eigenvalue weighted by Gasteiger charge is 2.36. The van der Waals surface area contributed by atoms with E-state index in [0.29, 0.717) is 36.0 Å². The Labute approximate surface area is 162 Å². The number of nitrogens with one attached hydrogen (secondary N) is 1. The van der Waals surface area contributed by atoms with Gasteiger partial charge in [0.1, 0.15) is 17.2 Å². The van der Waals surface area contributed by atoms with Gasteiger partial charge in [-0.05, 0) is 48.5 Å². The van der Waals surface area contributed by atoms with Crippen LogP contribution in [0.25, 0.3) is 0 Å². The molecule has 1 heterocycles. The molecule has 0 atom stereocenters. The SMILES string of the molecule is CC(C)(C)[Si](C)(C)OCCNC(=O)c1cc(Oc2ccc(N)cc2)ccn1. The summed E-state index contributed by atoms with van der Waals surface area (Å²) in [4.78, 5) is 16.4. The number of nitrogens with two attached hydrogens (primary N) is 1. The smallest absolute Gasteiger partial charge is 0.270 e. The molecule has 0 spiro atoms. The molecule has 7 heteroatoms. The Morgan fingerprint density at radius 3 is 2.44 bits per heavy atom. The van der Waals surface area contributed by atoms with Gasteiger partial charge in [-0.25, -0.2) is 0 Å². The Bertz CT molecular complexity index is 771. The summed E-state index contributed by atoms with van der Waals surface area (Å²) in [7, 11) is -1.81. The number of amides is 1. The number of ether oxygens (including phenoxy) is 1. The minimum absolute atomic E-state index is 0.145. The maximum atomic E-state index is 12.3. The van der Waals surface area contributed by atoms with Crippen LogP contribution < -0.4 is 15.8 Å². The molecule has 0 radical (unpaired) electrons. The van der Waals surface area contributed by atoms with Crippen LogP contribution in [0.15, 0.2) is 42.6 Å². The molecule has 0 fully saturated rings. The maximum Gasteiger partial charge on any atom is 0.270 e. The van der Waals surface area contributed by atoms with Gasteiger partial charge in [0.15, 0.2) is 8.32 Å². The fourth-order valence-electron chi connectivity index (χ4n) is 2.05. The van der Waals surface area contributed by atoms with Gasteiger partial charge in [0.2, 0.25) is 0 Å². The van der Waals surface area contributed by atoms with Crippen LogP contribution in [0.3, 0.4) is 0 Å². The molecular weight excluding hydrogens is 358 g/mol. The van der Waals surface area contributed by atoms with E-state index in [4.69, 9.17) is 14.9 Å². The molecule has 3 N–H and O–H groups in total. The molecule has 2 aromatic rings. The molecule has 0 bridgehead atoms. The predicted molar refractivity (Wildman–Crippen MR) is 111 cm³/mol. The summed E-state index contributed by atoms with van der Waals surface area (Å²) < 4.78 is 11.8. The number of carbonyl (C=O) groups excluding carboxylic acids is 1. The highest BCUT2D eigenvalue weighted by Crippen LogP contribution is 2.36. The first kappa shape index (κ1) is 20.9. The molecule has 0 saturated carbocycles. The minimum atomic E-state index is -1.81. The largest absolute Gasteiger partial charge is 0.457 e. The van der Waals surface area contributed by atoms with Crippen LogP contribution in [0, 0.1) is 0 Å². The molecular formula is C20H29N3O3Si. The third-order valence-electron chi connectivity index (χ3n) is 4.74. The van der Waals surface area contributed by atoms with E-state index in [1.165, 1.54) is 0 Å². The first-order valence-corrected chi connectivity index (χ1v) is 11.9. The molecule has 0 unspecified atom stereocenters. The minimum Gasteiger partial charge on any atom is -0.457 e. The van der Waals surface area contributed by atoms with Gasteiger partial charge in [-0.2, -0.15) is 0 Å². The summed E-state index contributed by atoms with van der Waals surface area (Å²) in [5, 5.41) is 2.99. The number of carbonyl (C=O) groups is 1. The van der Waals surface area contributed by atoms with Crippen molar-refractivity contribution in [2.75, 3.05) is 18.9 Å². The number of aromatic nitrogens is 1. The lowest BCUT2D eigenvalue weighted by Gasteiger charge is -2.36. The summed E-state index contributed by atoms with van der Waals surface area (Å²) in [5.74, 6) is 0.929. The number of benzene rings is 1. The van der Waals surface area contributed by atoms with Crippen LogP contribution in [0.2, 0.25) is 18.1 Å². The van der Waals surface area contributed by atoms with E-state index in [9.17, 15) is 4.79 Å². The topological polar surface area (TPSA) is 86.5 Å². The van der Waals surface area contributed by atoms with Gasteiger partial charge in [-0.1, -0.05) is 20.8 Å². The second kappa shape index (κ2) is 8.54. The summed E-state index contributed by atoms with van der Waals surface area (Å²) >= 11 is 0. The van der Waals surface area contributed by atoms with E-state index < -0.39 is 8.32 Å². The van der Waals surface area contributed by atoms with E-state index in [0.717, 1.165) is 0 Å². The van der Waals surface area contributed by atoms with Crippen molar-refractivity contribution >= 4 is 19.9 Å². The zero-order valence-electron chi connectivity index (χ0n) is 16.7. The van der Waals surface area contributed by atoms with E-state index in [1.807, 2.05) is 0 Å². The standard InChI is InChI=1S/C20H29N3O3Si/c1-20(2,3)27(4,5)25-13-12-23-19(24)18-14-17(10-11-22-18)26-16-8-6-15(21)7-9-16/h6-11,14H,12-13,21H2,1-5H3,(H,23,24). The number of nitrogen functional groups attached to an aromatic ring is 1. The van der Waals surface area contributed by atoms with Gasteiger partial charge in [-0.3, -0.25) is 9.78 Å². The van der Waals surface area contributed by atoms with Crippen LogP contribution in [0.4, 0.5) is 5.69 Å². The van der Waals surface area contributed by atoms with Crippen LogP contribution in [0.5, 0.6) is 11.5 Å². The number of anilines is 1. The monoisotopic (exact) mass is 387 g/mol. The van der Waals surface area contributed by atoms with Gasteiger partial charge >= 0.3 is 0 Å². The van der Waals surface area contributed by atoms with Gasteiger partial charge in [-0.15, -0.1) is 0 Å². The Kier molecular flexibility index (Phi) is 6.62. The number of rotatable bonds is 7. The van der Waals surface area contributed by atoms with Crippen molar-refractivity contribution < 1.29 is 14.0 Å². The second-order valence-electron chi connectivity index (χ2n) is 7.91. The average molecular weight is 388 g/mol.